The molecule has 0 saturated heterocycles. The molecule has 1 fully saturated rings. The van der Waals surface area contributed by atoms with Gasteiger partial charge in [0.05, 0.1) is 0 Å². The second-order valence-corrected chi connectivity index (χ2v) is 5.83. The molecular formula is C17H29N3. The lowest BCUT2D eigenvalue weighted by molar-refractivity contribution is 0.416. The Balaban J connectivity index is 2.17. The van der Waals surface area contributed by atoms with Gasteiger partial charge in [-0.1, -0.05) is 26.2 Å². The highest BCUT2D eigenvalue weighted by Crippen LogP contribution is 2.26. The average molecular weight is 275 g/mol. The molecule has 3 heteroatoms. The molecule has 1 aromatic rings. The number of hydrogen-bond donors (Lipinski definition) is 1. The zero-order valence-corrected chi connectivity index (χ0v) is 13.3. The van der Waals surface area contributed by atoms with Gasteiger partial charge in [-0.05, 0) is 50.9 Å². The second-order valence-electron chi connectivity index (χ2n) is 5.83. The lowest BCUT2D eigenvalue weighted by Crippen LogP contribution is -2.37. The average Bonchev–Trinajstić information content (AvgIpc) is 2.46. The first kappa shape index (κ1) is 15.3. The summed E-state index contributed by atoms with van der Waals surface area (Å²) in [4.78, 5) is 7.30. The first-order chi connectivity index (χ1) is 9.74. The molecule has 0 atom stereocenters. The maximum absolute atomic E-state index is 4.79. The second kappa shape index (κ2) is 7.63. The Morgan fingerprint density at radius 1 is 1.20 bits per heavy atom. The maximum atomic E-state index is 4.79. The van der Waals surface area contributed by atoms with Crippen LogP contribution in [-0.2, 0) is 6.54 Å². The third-order valence-electron chi connectivity index (χ3n) is 4.23. The third-order valence-corrected chi connectivity index (χ3v) is 4.23. The van der Waals surface area contributed by atoms with Gasteiger partial charge in [0.1, 0.15) is 5.82 Å². The molecule has 3 nitrogen and oxygen atoms in total. The van der Waals surface area contributed by atoms with Crippen LogP contribution in [0.1, 0.15) is 57.2 Å². The zero-order chi connectivity index (χ0) is 14.4. The van der Waals surface area contributed by atoms with Crippen molar-refractivity contribution in [2.75, 3.05) is 18.0 Å². The minimum atomic E-state index is 0.690. The molecule has 0 bridgehead atoms. The van der Waals surface area contributed by atoms with E-state index in [1.165, 1.54) is 43.5 Å². The Morgan fingerprint density at radius 3 is 2.60 bits per heavy atom. The molecule has 0 unspecified atom stereocenters. The number of nitrogens with zero attached hydrogens (tertiary/aromatic N) is 2. The lowest BCUT2D eigenvalue weighted by Gasteiger charge is -2.35. The largest absolute Gasteiger partial charge is 0.354 e. The smallest absolute Gasteiger partial charge is 0.129 e. The molecule has 0 amide bonds. The van der Waals surface area contributed by atoms with E-state index >= 15 is 0 Å². The molecule has 1 saturated carbocycles. The molecule has 2 rings (SSSR count). The van der Waals surface area contributed by atoms with E-state index in [9.17, 15) is 0 Å². The normalized spacial score (nSPS) is 16.4. The number of hydrogen-bond acceptors (Lipinski definition) is 3. The third kappa shape index (κ3) is 3.95. The van der Waals surface area contributed by atoms with Gasteiger partial charge >= 0.3 is 0 Å². The molecule has 1 heterocycles. The van der Waals surface area contributed by atoms with Crippen molar-refractivity contribution >= 4 is 5.82 Å². The number of aromatic nitrogens is 1. The van der Waals surface area contributed by atoms with E-state index in [0.29, 0.717) is 6.04 Å². The van der Waals surface area contributed by atoms with Crippen molar-refractivity contribution in [1.29, 1.82) is 0 Å². The van der Waals surface area contributed by atoms with Crippen LogP contribution in [-0.4, -0.2) is 24.1 Å². The van der Waals surface area contributed by atoms with Gasteiger partial charge < -0.3 is 10.2 Å². The molecule has 0 spiro atoms. The molecule has 0 aliphatic heterocycles. The first-order valence-electron chi connectivity index (χ1n) is 8.19. The molecule has 20 heavy (non-hydrogen) atoms. The summed E-state index contributed by atoms with van der Waals surface area (Å²) in [5, 5.41) is 3.41. The van der Waals surface area contributed by atoms with Crippen LogP contribution in [0.5, 0.6) is 0 Å². The highest BCUT2D eigenvalue weighted by Gasteiger charge is 2.21. The van der Waals surface area contributed by atoms with Crippen molar-refractivity contribution in [3.05, 3.63) is 23.4 Å². The SMILES string of the molecule is CCNCc1cc(C)nc(N(CC)C2CCCCC2)c1. The summed E-state index contributed by atoms with van der Waals surface area (Å²) in [6.45, 7) is 9.51. The Kier molecular flexibility index (Phi) is 5.84. The zero-order valence-electron chi connectivity index (χ0n) is 13.3. The Morgan fingerprint density at radius 2 is 1.95 bits per heavy atom. The van der Waals surface area contributed by atoms with Crippen LogP contribution < -0.4 is 10.2 Å². The van der Waals surface area contributed by atoms with Crippen LogP contribution in [0.2, 0.25) is 0 Å². The highest BCUT2D eigenvalue weighted by atomic mass is 15.2. The van der Waals surface area contributed by atoms with Gasteiger partial charge in [0, 0.05) is 24.8 Å². The van der Waals surface area contributed by atoms with Crippen molar-refractivity contribution in [3.63, 3.8) is 0 Å². The van der Waals surface area contributed by atoms with Crippen LogP contribution in [0.15, 0.2) is 12.1 Å². The molecule has 0 radical (unpaired) electrons. The standard InChI is InChI=1S/C17H29N3/c1-4-18-13-15-11-14(3)19-17(12-15)20(5-2)16-9-7-6-8-10-16/h11-12,16,18H,4-10,13H2,1-3H3. The van der Waals surface area contributed by atoms with E-state index in [1.807, 2.05) is 0 Å². The van der Waals surface area contributed by atoms with Gasteiger partial charge in [-0.3, -0.25) is 0 Å². The Hall–Kier alpha value is -1.09. The Labute approximate surface area is 123 Å². The Bertz CT molecular complexity index is 411. The van der Waals surface area contributed by atoms with E-state index in [1.54, 1.807) is 0 Å². The fourth-order valence-electron chi connectivity index (χ4n) is 3.24. The van der Waals surface area contributed by atoms with E-state index < -0.39 is 0 Å². The van der Waals surface area contributed by atoms with Crippen LogP contribution in [0.4, 0.5) is 5.82 Å². The molecular weight excluding hydrogens is 246 g/mol. The first-order valence-corrected chi connectivity index (χ1v) is 8.19. The van der Waals surface area contributed by atoms with Crippen molar-refractivity contribution < 1.29 is 0 Å². The topological polar surface area (TPSA) is 28.2 Å². The van der Waals surface area contributed by atoms with Crippen LogP contribution in [0.3, 0.4) is 0 Å². The van der Waals surface area contributed by atoms with Gasteiger partial charge in [-0.2, -0.15) is 0 Å². The monoisotopic (exact) mass is 275 g/mol. The van der Waals surface area contributed by atoms with Crippen LogP contribution in [0.25, 0.3) is 0 Å². The predicted octanol–water partition coefficient (Wildman–Crippen LogP) is 3.66. The summed E-state index contributed by atoms with van der Waals surface area (Å²) in [7, 11) is 0. The van der Waals surface area contributed by atoms with E-state index in [0.717, 1.165) is 25.3 Å². The summed E-state index contributed by atoms with van der Waals surface area (Å²) >= 11 is 0. The summed E-state index contributed by atoms with van der Waals surface area (Å²) in [6, 6.07) is 5.16. The van der Waals surface area contributed by atoms with Gasteiger partial charge in [-0.15, -0.1) is 0 Å². The fraction of sp³-hybridized carbons (Fsp3) is 0.706. The van der Waals surface area contributed by atoms with E-state index in [-0.39, 0.29) is 0 Å². The van der Waals surface area contributed by atoms with Gasteiger partial charge in [-0.25, -0.2) is 4.98 Å². The summed E-state index contributed by atoms with van der Waals surface area (Å²) in [5.41, 5.74) is 2.48. The molecule has 1 aliphatic rings. The van der Waals surface area contributed by atoms with E-state index in [4.69, 9.17) is 4.98 Å². The van der Waals surface area contributed by atoms with Crippen molar-refractivity contribution in [3.8, 4) is 0 Å². The lowest BCUT2D eigenvalue weighted by atomic mass is 9.94. The number of pyridine rings is 1. The summed E-state index contributed by atoms with van der Waals surface area (Å²) in [6.07, 6.45) is 6.80. The summed E-state index contributed by atoms with van der Waals surface area (Å²) < 4.78 is 0. The van der Waals surface area contributed by atoms with Gasteiger partial charge in [0.25, 0.3) is 0 Å². The van der Waals surface area contributed by atoms with Gasteiger partial charge in [0.15, 0.2) is 0 Å². The van der Waals surface area contributed by atoms with Crippen molar-refractivity contribution in [2.24, 2.45) is 0 Å². The molecule has 1 aliphatic carbocycles. The number of nitrogens with one attached hydrogen (secondary N) is 1. The summed E-state index contributed by atoms with van der Waals surface area (Å²) in [5.74, 6) is 1.17. The molecule has 112 valence electrons. The highest BCUT2D eigenvalue weighted by molar-refractivity contribution is 5.43. The quantitative estimate of drug-likeness (QED) is 0.859. The minimum absolute atomic E-state index is 0.690. The molecule has 1 N–H and O–H groups in total. The number of aryl methyl sites for hydroxylation is 1. The number of rotatable bonds is 6. The van der Waals surface area contributed by atoms with Gasteiger partial charge in [0.2, 0.25) is 0 Å². The minimum Gasteiger partial charge on any atom is -0.354 e. The molecule has 0 aromatic carbocycles. The van der Waals surface area contributed by atoms with E-state index in [2.05, 4.69) is 43.1 Å². The van der Waals surface area contributed by atoms with Crippen molar-refractivity contribution in [1.82, 2.24) is 10.3 Å². The fourth-order valence-corrected chi connectivity index (χ4v) is 3.24. The van der Waals surface area contributed by atoms with Crippen molar-refractivity contribution in [2.45, 2.75) is 65.5 Å². The predicted molar refractivity (Wildman–Crippen MR) is 86.2 cm³/mol. The number of anilines is 1. The molecule has 1 aromatic heterocycles. The van der Waals surface area contributed by atoms with Crippen LogP contribution >= 0.6 is 0 Å². The maximum Gasteiger partial charge on any atom is 0.129 e. The van der Waals surface area contributed by atoms with Crippen LogP contribution in [0, 0.1) is 6.92 Å².